The average molecular weight is 530 g/mol. The SMILES string of the molecule is CC(C)=O.Cc1cccc(C#Cc2cc3ncnc(Nc4ccc5c(cnn5Cc5ccccc5)c4)c3s2)c1. The lowest BCUT2D eigenvalue weighted by molar-refractivity contribution is -0.114. The van der Waals surface area contributed by atoms with E-state index in [4.69, 9.17) is 0 Å². The molecule has 0 bridgehead atoms. The molecule has 6 nitrogen and oxygen atoms in total. The molecule has 3 heterocycles. The molecule has 3 aromatic carbocycles. The molecule has 0 amide bonds. The highest BCUT2D eigenvalue weighted by Crippen LogP contribution is 2.31. The number of benzene rings is 3. The van der Waals surface area contributed by atoms with Crippen LogP contribution in [0.15, 0.2) is 91.4 Å². The van der Waals surface area contributed by atoms with Crippen molar-refractivity contribution in [1.29, 1.82) is 0 Å². The Bertz CT molecular complexity index is 1820. The van der Waals surface area contributed by atoms with Crippen molar-refractivity contribution in [3.63, 3.8) is 0 Å². The standard InChI is InChI=1S/C29H21N5S.C3H6O/c1-20-6-5-9-21(14-20)10-12-25-16-26-28(35-25)29(31-19-30-26)33-24-11-13-27-23(15-24)17-32-34(27)18-22-7-3-2-4-8-22;1-3(2)4/h2-9,11,13-17,19H,18H2,1H3,(H,30,31,33);1-2H3. The van der Waals surface area contributed by atoms with Crippen LogP contribution in [0.4, 0.5) is 11.5 Å². The number of hydrogen-bond donors (Lipinski definition) is 1. The van der Waals surface area contributed by atoms with Crippen molar-refractivity contribution in [2.75, 3.05) is 5.32 Å². The molecule has 0 atom stereocenters. The van der Waals surface area contributed by atoms with Crippen molar-refractivity contribution < 1.29 is 4.79 Å². The van der Waals surface area contributed by atoms with Gasteiger partial charge in [0, 0.05) is 16.6 Å². The molecular weight excluding hydrogens is 502 g/mol. The maximum atomic E-state index is 9.44. The van der Waals surface area contributed by atoms with E-state index in [9.17, 15) is 4.79 Å². The number of nitrogens with zero attached hydrogens (tertiary/aromatic N) is 4. The molecule has 0 saturated carbocycles. The average Bonchev–Trinajstić information content (AvgIpc) is 3.52. The number of carbonyl (C=O) groups is 1. The lowest BCUT2D eigenvalue weighted by Crippen LogP contribution is -2.01. The number of aromatic nitrogens is 4. The number of Topliss-reactive ketones (excluding diaryl/α,β-unsaturated/α-hetero) is 1. The number of carbonyl (C=O) groups excluding carboxylic acids is 1. The minimum atomic E-state index is 0.167. The van der Waals surface area contributed by atoms with Crippen LogP contribution in [0.25, 0.3) is 21.1 Å². The molecular formula is C32H27N5OS. The van der Waals surface area contributed by atoms with Crippen LogP contribution in [0.3, 0.4) is 0 Å². The second-order valence-electron chi connectivity index (χ2n) is 9.26. The quantitative estimate of drug-likeness (QED) is 0.246. The fourth-order valence-corrected chi connectivity index (χ4v) is 4.95. The van der Waals surface area contributed by atoms with Crippen LogP contribution < -0.4 is 5.32 Å². The third-order valence-corrected chi connectivity index (χ3v) is 6.79. The summed E-state index contributed by atoms with van der Waals surface area (Å²) in [5, 5.41) is 9.14. The van der Waals surface area contributed by atoms with Crippen molar-refractivity contribution in [3.8, 4) is 11.8 Å². The predicted molar refractivity (Wildman–Crippen MR) is 159 cm³/mol. The third-order valence-electron chi connectivity index (χ3n) is 5.74. The number of ketones is 1. The summed E-state index contributed by atoms with van der Waals surface area (Å²) in [6.07, 6.45) is 3.49. The van der Waals surface area contributed by atoms with Gasteiger partial charge in [-0.05, 0) is 68.3 Å². The normalized spacial score (nSPS) is 10.4. The zero-order valence-corrected chi connectivity index (χ0v) is 22.8. The highest BCUT2D eigenvalue weighted by Gasteiger charge is 2.10. The van der Waals surface area contributed by atoms with Gasteiger partial charge in [0.1, 0.15) is 12.1 Å². The van der Waals surface area contributed by atoms with E-state index in [0.717, 1.165) is 49.6 Å². The minimum Gasteiger partial charge on any atom is -0.339 e. The molecule has 0 aliphatic carbocycles. The fraction of sp³-hybridized carbons (Fsp3) is 0.125. The van der Waals surface area contributed by atoms with Crippen LogP contribution in [-0.4, -0.2) is 25.5 Å². The summed E-state index contributed by atoms with van der Waals surface area (Å²) in [7, 11) is 0. The topological polar surface area (TPSA) is 72.7 Å². The third kappa shape index (κ3) is 6.56. The number of aryl methyl sites for hydroxylation is 1. The first-order chi connectivity index (χ1) is 18.9. The summed E-state index contributed by atoms with van der Waals surface area (Å²) in [6.45, 7) is 5.87. The van der Waals surface area contributed by atoms with E-state index in [2.05, 4.69) is 93.7 Å². The summed E-state index contributed by atoms with van der Waals surface area (Å²) < 4.78 is 3.01. The van der Waals surface area contributed by atoms with Crippen molar-refractivity contribution >= 4 is 49.7 Å². The van der Waals surface area contributed by atoms with Gasteiger partial charge in [-0.1, -0.05) is 54.3 Å². The van der Waals surface area contributed by atoms with Crippen LogP contribution in [0.5, 0.6) is 0 Å². The van der Waals surface area contributed by atoms with Crippen molar-refractivity contribution in [1.82, 2.24) is 19.7 Å². The van der Waals surface area contributed by atoms with Gasteiger partial charge in [-0.3, -0.25) is 4.68 Å². The Hall–Kier alpha value is -4.80. The van der Waals surface area contributed by atoms with Gasteiger partial charge in [0.25, 0.3) is 0 Å². The van der Waals surface area contributed by atoms with E-state index in [1.807, 2.05) is 35.1 Å². The fourth-order valence-electron chi connectivity index (χ4n) is 4.05. The zero-order valence-electron chi connectivity index (χ0n) is 22.0. The van der Waals surface area contributed by atoms with Gasteiger partial charge in [-0.15, -0.1) is 11.3 Å². The van der Waals surface area contributed by atoms with E-state index in [1.165, 1.54) is 25.0 Å². The number of hydrogen-bond acceptors (Lipinski definition) is 6. The van der Waals surface area contributed by atoms with Gasteiger partial charge in [-0.25, -0.2) is 9.97 Å². The van der Waals surface area contributed by atoms with Gasteiger partial charge >= 0.3 is 0 Å². The predicted octanol–water partition coefficient (Wildman–Crippen LogP) is 7.14. The number of nitrogens with one attached hydrogen (secondary N) is 1. The van der Waals surface area contributed by atoms with Gasteiger partial charge in [0.2, 0.25) is 0 Å². The molecule has 0 unspecified atom stereocenters. The van der Waals surface area contributed by atoms with Gasteiger partial charge in [0.15, 0.2) is 5.82 Å². The highest BCUT2D eigenvalue weighted by atomic mass is 32.1. The molecule has 0 fully saturated rings. The molecule has 192 valence electrons. The maximum absolute atomic E-state index is 9.44. The second-order valence-corrected chi connectivity index (χ2v) is 10.3. The Kier molecular flexibility index (Phi) is 7.76. The molecule has 1 N–H and O–H groups in total. The molecule has 0 radical (unpaired) electrons. The van der Waals surface area contributed by atoms with E-state index < -0.39 is 0 Å². The Labute approximate surface area is 231 Å². The van der Waals surface area contributed by atoms with Crippen LogP contribution in [0, 0.1) is 18.8 Å². The Balaban J connectivity index is 0.000000723. The van der Waals surface area contributed by atoms with E-state index in [0.29, 0.717) is 0 Å². The van der Waals surface area contributed by atoms with Gasteiger partial charge < -0.3 is 10.1 Å². The van der Waals surface area contributed by atoms with Crippen molar-refractivity contribution in [2.24, 2.45) is 0 Å². The first-order valence-electron chi connectivity index (χ1n) is 12.5. The Morgan fingerprint density at radius 1 is 0.949 bits per heavy atom. The maximum Gasteiger partial charge on any atom is 0.151 e. The summed E-state index contributed by atoms with van der Waals surface area (Å²) in [4.78, 5) is 19.4. The molecule has 6 rings (SSSR count). The number of fused-ring (bicyclic) bond motifs is 2. The lowest BCUT2D eigenvalue weighted by atomic mass is 10.1. The monoisotopic (exact) mass is 529 g/mol. The first kappa shape index (κ1) is 25.8. The second kappa shape index (κ2) is 11.7. The summed E-state index contributed by atoms with van der Waals surface area (Å²) in [6, 6.07) is 26.9. The van der Waals surface area contributed by atoms with Gasteiger partial charge in [0.05, 0.1) is 33.4 Å². The van der Waals surface area contributed by atoms with E-state index in [-0.39, 0.29) is 5.78 Å². The Morgan fingerprint density at radius 3 is 2.56 bits per heavy atom. The molecule has 0 aliphatic heterocycles. The largest absolute Gasteiger partial charge is 0.339 e. The summed E-state index contributed by atoms with van der Waals surface area (Å²) >= 11 is 1.60. The number of thiophene rings is 1. The van der Waals surface area contributed by atoms with Crippen LogP contribution in [-0.2, 0) is 11.3 Å². The van der Waals surface area contributed by atoms with Gasteiger partial charge in [-0.2, -0.15) is 5.10 Å². The summed E-state index contributed by atoms with van der Waals surface area (Å²) in [5.41, 5.74) is 6.37. The van der Waals surface area contributed by atoms with E-state index >= 15 is 0 Å². The molecule has 3 aromatic heterocycles. The molecule has 0 saturated heterocycles. The molecule has 0 aliphatic rings. The van der Waals surface area contributed by atoms with Crippen molar-refractivity contribution in [2.45, 2.75) is 27.3 Å². The molecule has 6 aromatic rings. The molecule has 39 heavy (non-hydrogen) atoms. The van der Waals surface area contributed by atoms with Crippen molar-refractivity contribution in [3.05, 3.63) is 113 Å². The molecule has 7 heteroatoms. The Morgan fingerprint density at radius 2 is 1.77 bits per heavy atom. The van der Waals surface area contributed by atoms with Crippen LogP contribution >= 0.6 is 11.3 Å². The van der Waals surface area contributed by atoms with Crippen LogP contribution in [0.2, 0.25) is 0 Å². The highest BCUT2D eigenvalue weighted by molar-refractivity contribution is 7.20. The zero-order chi connectivity index (χ0) is 27.2. The smallest absolute Gasteiger partial charge is 0.151 e. The number of rotatable bonds is 4. The minimum absolute atomic E-state index is 0.167. The lowest BCUT2D eigenvalue weighted by Gasteiger charge is -2.07. The van der Waals surface area contributed by atoms with Crippen LogP contribution in [0.1, 0.15) is 35.4 Å². The van der Waals surface area contributed by atoms with E-state index in [1.54, 1.807) is 17.7 Å². The first-order valence-corrected chi connectivity index (χ1v) is 13.3. The summed E-state index contributed by atoms with van der Waals surface area (Å²) in [5.74, 6) is 7.48. The number of anilines is 2. The molecule has 0 spiro atoms.